The third-order valence-electron chi connectivity index (χ3n) is 6.46. The van der Waals surface area contributed by atoms with Gasteiger partial charge < -0.3 is 9.64 Å². The van der Waals surface area contributed by atoms with Gasteiger partial charge in [0.05, 0.1) is 29.0 Å². The fourth-order valence-corrected chi connectivity index (χ4v) is 4.81. The highest BCUT2D eigenvalue weighted by Gasteiger charge is 2.29. The highest BCUT2D eigenvalue weighted by molar-refractivity contribution is 5.87. The first-order valence-corrected chi connectivity index (χ1v) is 11.9. The number of likely N-dealkylation sites (tertiary alicyclic amines) is 1. The number of amides is 1. The average Bonchev–Trinajstić information content (AvgIpc) is 3.47. The average molecular weight is 469 g/mol. The minimum atomic E-state index is -0.146. The van der Waals surface area contributed by atoms with E-state index < -0.39 is 0 Å². The van der Waals surface area contributed by atoms with Gasteiger partial charge >= 0.3 is 5.69 Å². The van der Waals surface area contributed by atoms with E-state index in [9.17, 15) is 9.59 Å². The number of rotatable bonds is 7. The quantitative estimate of drug-likeness (QED) is 0.362. The summed E-state index contributed by atoms with van der Waals surface area (Å²) in [5.41, 5.74) is 3.36. The molecule has 1 saturated heterocycles. The monoisotopic (exact) mass is 468 g/mol. The predicted octanol–water partition coefficient (Wildman–Crippen LogP) is 4.89. The summed E-state index contributed by atoms with van der Waals surface area (Å²) in [5.74, 6) is 1.38. The Labute approximate surface area is 203 Å². The number of fused-ring (bicyclic) bond motifs is 1. The first-order valence-electron chi connectivity index (χ1n) is 11.9. The number of ether oxygens (including phenoxy) is 1. The molecule has 2 aromatic heterocycles. The maximum atomic E-state index is 13.6. The summed E-state index contributed by atoms with van der Waals surface area (Å²) in [4.78, 5) is 31.7. The molecule has 1 aliphatic rings. The van der Waals surface area contributed by atoms with Gasteiger partial charge in [-0.1, -0.05) is 32.1 Å². The summed E-state index contributed by atoms with van der Waals surface area (Å²) in [5, 5.41) is 0. The maximum absolute atomic E-state index is 13.6. The van der Waals surface area contributed by atoms with Crippen molar-refractivity contribution in [3.05, 3.63) is 95.7 Å². The molecule has 35 heavy (non-hydrogen) atoms. The van der Waals surface area contributed by atoms with Gasteiger partial charge in [-0.2, -0.15) is 0 Å². The van der Waals surface area contributed by atoms with E-state index in [2.05, 4.69) is 30.6 Å². The highest BCUT2D eigenvalue weighted by atomic mass is 16.5. The van der Waals surface area contributed by atoms with Crippen LogP contribution in [0.4, 0.5) is 0 Å². The molecule has 3 heterocycles. The zero-order valence-corrected chi connectivity index (χ0v) is 19.8. The van der Waals surface area contributed by atoms with Crippen molar-refractivity contribution < 1.29 is 9.53 Å². The normalized spacial score (nSPS) is 15.5. The minimum Gasteiger partial charge on any atom is -0.457 e. The molecule has 0 aliphatic carbocycles. The maximum Gasteiger partial charge on any atom is 0.334 e. The number of imidazole rings is 1. The van der Waals surface area contributed by atoms with Crippen LogP contribution in [0.15, 0.2) is 84.4 Å². The Kier molecular flexibility index (Phi) is 6.23. The molecule has 0 unspecified atom stereocenters. The van der Waals surface area contributed by atoms with E-state index in [0.29, 0.717) is 25.3 Å². The minimum absolute atomic E-state index is 0.101. The first kappa shape index (κ1) is 22.7. The lowest BCUT2D eigenvalue weighted by atomic mass is 10.1. The second-order valence-corrected chi connectivity index (χ2v) is 8.78. The number of carbonyl (C=O) groups excluding carboxylic acids is 1. The fraction of sp³-hybridized carbons (Fsp3) is 0.250. The second-order valence-electron chi connectivity index (χ2n) is 8.78. The Bertz CT molecular complexity index is 1430. The van der Waals surface area contributed by atoms with Crippen LogP contribution in [0.3, 0.4) is 0 Å². The Morgan fingerprint density at radius 1 is 1.14 bits per heavy atom. The molecule has 1 fully saturated rings. The van der Waals surface area contributed by atoms with E-state index in [-0.39, 0.29) is 17.6 Å². The van der Waals surface area contributed by atoms with Crippen LogP contribution in [0.25, 0.3) is 16.7 Å². The van der Waals surface area contributed by atoms with Gasteiger partial charge in [-0.3, -0.25) is 18.9 Å². The van der Waals surface area contributed by atoms with Gasteiger partial charge in [0, 0.05) is 19.3 Å². The number of hydrogen-bond donors (Lipinski definition) is 0. The number of aryl methyl sites for hydroxylation is 1. The number of aromatic nitrogens is 3. The van der Waals surface area contributed by atoms with E-state index in [0.717, 1.165) is 35.3 Å². The van der Waals surface area contributed by atoms with E-state index >= 15 is 0 Å². The van der Waals surface area contributed by atoms with Crippen LogP contribution in [-0.2, 0) is 11.2 Å². The van der Waals surface area contributed by atoms with Gasteiger partial charge in [-0.05, 0) is 66.9 Å². The summed E-state index contributed by atoms with van der Waals surface area (Å²) in [6, 6.07) is 17.4. The largest absolute Gasteiger partial charge is 0.457 e. The number of hydrogen-bond acceptors (Lipinski definition) is 4. The van der Waals surface area contributed by atoms with Gasteiger partial charge in [-0.25, -0.2) is 4.79 Å². The Morgan fingerprint density at radius 3 is 2.74 bits per heavy atom. The molecular formula is C28H28N4O3. The van der Waals surface area contributed by atoms with Crippen molar-refractivity contribution >= 4 is 16.9 Å². The molecule has 0 N–H and O–H groups in total. The third-order valence-corrected chi connectivity index (χ3v) is 6.46. The number of carbonyl (C=O) groups is 1. The Hall–Kier alpha value is -4.13. The molecule has 2 aromatic carbocycles. The zero-order valence-electron chi connectivity index (χ0n) is 19.8. The van der Waals surface area contributed by atoms with Gasteiger partial charge in [0.25, 0.3) is 0 Å². The van der Waals surface area contributed by atoms with Crippen molar-refractivity contribution in [2.24, 2.45) is 0 Å². The van der Waals surface area contributed by atoms with Crippen LogP contribution in [-0.4, -0.2) is 38.0 Å². The van der Waals surface area contributed by atoms with Crippen LogP contribution >= 0.6 is 0 Å². The molecule has 5 rings (SSSR count). The zero-order chi connectivity index (χ0) is 24.4. The molecule has 4 aromatic rings. The molecule has 1 aliphatic heterocycles. The van der Waals surface area contributed by atoms with Crippen molar-refractivity contribution in [2.45, 2.75) is 32.2 Å². The second kappa shape index (κ2) is 9.62. The van der Waals surface area contributed by atoms with Crippen molar-refractivity contribution in [1.29, 1.82) is 0 Å². The van der Waals surface area contributed by atoms with E-state index in [1.807, 2.05) is 42.5 Å². The van der Waals surface area contributed by atoms with E-state index in [1.165, 1.54) is 11.6 Å². The molecule has 178 valence electrons. The third kappa shape index (κ3) is 4.37. The van der Waals surface area contributed by atoms with Gasteiger partial charge in [0.15, 0.2) is 0 Å². The van der Waals surface area contributed by atoms with E-state index in [1.54, 1.807) is 26.4 Å². The summed E-state index contributed by atoms with van der Waals surface area (Å²) in [6.07, 6.45) is 7.52. The van der Waals surface area contributed by atoms with Crippen LogP contribution in [0, 0.1) is 0 Å². The van der Waals surface area contributed by atoms with Gasteiger partial charge in [0.1, 0.15) is 11.5 Å². The van der Waals surface area contributed by atoms with Crippen molar-refractivity contribution in [1.82, 2.24) is 19.0 Å². The molecule has 1 amide bonds. The predicted molar refractivity (Wildman–Crippen MR) is 136 cm³/mol. The summed E-state index contributed by atoms with van der Waals surface area (Å²) in [6.45, 7) is 6.82. The number of nitrogens with zero attached hydrogens (tertiary/aromatic N) is 4. The van der Waals surface area contributed by atoms with Crippen molar-refractivity contribution in [3.8, 4) is 17.2 Å². The molecule has 0 spiro atoms. The molecular weight excluding hydrogens is 440 g/mol. The fourth-order valence-electron chi connectivity index (χ4n) is 4.81. The summed E-state index contributed by atoms with van der Waals surface area (Å²) >= 11 is 0. The Morgan fingerprint density at radius 2 is 1.97 bits per heavy atom. The molecule has 0 bridgehead atoms. The molecule has 0 radical (unpaired) electrons. The smallest absolute Gasteiger partial charge is 0.334 e. The highest BCUT2D eigenvalue weighted by Crippen LogP contribution is 2.28. The first-order chi connectivity index (χ1) is 17.1. The topological polar surface area (TPSA) is 69.4 Å². The van der Waals surface area contributed by atoms with Crippen LogP contribution < -0.4 is 10.4 Å². The summed E-state index contributed by atoms with van der Waals surface area (Å²) in [7, 11) is 0. The number of benzene rings is 2. The lowest BCUT2D eigenvalue weighted by molar-refractivity contribution is -0.125. The van der Waals surface area contributed by atoms with Gasteiger partial charge in [0.2, 0.25) is 5.91 Å². The SMILES string of the molecule is C=CC(=O)N1CC[C@@H](n2c(=O)n(-c3ccc(Oc4cccc(CCC)c4)cc3)c3cnccc32)C1. The molecule has 7 heteroatoms. The standard InChI is InChI=1S/C28H28N4O3/c1-3-6-20-7-5-8-24(17-20)35-23-11-9-21(10-12-23)31-26-18-29-15-13-25(26)32(28(31)34)22-14-16-30(19-22)27(33)4-2/h4-5,7-13,15,17-18,22H,2-3,6,14,16,19H2,1H3/t22-/m1/s1. The van der Waals surface area contributed by atoms with Crippen molar-refractivity contribution in [3.63, 3.8) is 0 Å². The lowest BCUT2D eigenvalue weighted by Crippen LogP contribution is -2.31. The Balaban J connectivity index is 1.46. The van der Waals surface area contributed by atoms with Crippen LogP contribution in [0.2, 0.25) is 0 Å². The molecule has 1 atom stereocenters. The molecule has 0 saturated carbocycles. The van der Waals surface area contributed by atoms with Crippen LogP contribution in [0.5, 0.6) is 11.5 Å². The van der Waals surface area contributed by atoms with Crippen molar-refractivity contribution in [2.75, 3.05) is 13.1 Å². The molecule has 7 nitrogen and oxygen atoms in total. The lowest BCUT2D eigenvalue weighted by Gasteiger charge is -2.15. The number of pyridine rings is 1. The summed E-state index contributed by atoms with van der Waals surface area (Å²) < 4.78 is 9.52. The van der Waals surface area contributed by atoms with E-state index in [4.69, 9.17) is 4.74 Å². The van der Waals surface area contributed by atoms with Gasteiger partial charge in [-0.15, -0.1) is 0 Å². The van der Waals surface area contributed by atoms with Crippen LogP contribution in [0.1, 0.15) is 31.4 Å².